The van der Waals surface area contributed by atoms with E-state index >= 15 is 0 Å². The molecule has 0 radical (unpaired) electrons. The van der Waals surface area contributed by atoms with E-state index in [2.05, 4.69) is 4.74 Å². The third-order valence-corrected chi connectivity index (χ3v) is 1.39. The molecule has 0 aromatic rings. The lowest BCUT2D eigenvalue weighted by atomic mass is 10.1. The molecule has 1 aliphatic rings. The molecule has 0 amide bonds. The second-order valence-electron chi connectivity index (χ2n) is 2.14. The van der Waals surface area contributed by atoms with E-state index in [1.165, 1.54) is 0 Å². The van der Waals surface area contributed by atoms with E-state index in [1.807, 2.05) is 0 Å². The van der Waals surface area contributed by atoms with Crippen molar-refractivity contribution in [3.63, 3.8) is 0 Å². The predicted octanol–water partition coefficient (Wildman–Crippen LogP) is -0.726. The molecule has 0 unspecified atom stereocenters. The first-order chi connectivity index (χ1) is 5.16. The average Bonchev–Trinajstić information content (AvgIpc) is 2.01. The summed E-state index contributed by atoms with van der Waals surface area (Å²) in [6, 6.07) is 0. The SMILES string of the molecule is O=C1C(O)=C(O)CO[C@@H]1CO. The van der Waals surface area contributed by atoms with Crippen molar-refractivity contribution < 1.29 is 24.9 Å². The van der Waals surface area contributed by atoms with Crippen molar-refractivity contribution in [1.82, 2.24) is 0 Å². The summed E-state index contributed by atoms with van der Waals surface area (Å²) >= 11 is 0. The third-order valence-electron chi connectivity index (χ3n) is 1.39. The lowest BCUT2D eigenvalue weighted by Crippen LogP contribution is -2.35. The van der Waals surface area contributed by atoms with Gasteiger partial charge < -0.3 is 20.1 Å². The largest absolute Gasteiger partial charge is 0.506 e. The number of aliphatic hydroxyl groups excluding tert-OH is 3. The number of hydrogen-bond acceptors (Lipinski definition) is 5. The Labute approximate surface area is 62.5 Å². The summed E-state index contributed by atoms with van der Waals surface area (Å²) in [6.07, 6.45) is -1.04. The maximum Gasteiger partial charge on any atom is 0.231 e. The standard InChI is InChI=1S/C6H8O5/c7-1-4-6(10)5(9)3(8)2-11-4/h4,7-9H,1-2H2/t4-/m1/s1. The molecule has 1 heterocycles. The zero-order valence-corrected chi connectivity index (χ0v) is 5.65. The summed E-state index contributed by atoms with van der Waals surface area (Å²) in [6.45, 7) is -0.723. The smallest absolute Gasteiger partial charge is 0.231 e. The third kappa shape index (κ3) is 1.33. The van der Waals surface area contributed by atoms with Crippen LogP contribution in [0.1, 0.15) is 0 Å². The second kappa shape index (κ2) is 2.89. The van der Waals surface area contributed by atoms with Gasteiger partial charge in [0.05, 0.1) is 6.61 Å². The molecule has 0 saturated carbocycles. The summed E-state index contributed by atoms with van der Waals surface area (Å²) in [5.41, 5.74) is 0. The molecule has 1 atom stereocenters. The fourth-order valence-corrected chi connectivity index (χ4v) is 0.754. The molecule has 1 aliphatic heterocycles. The molecule has 0 spiro atoms. The van der Waals surface area contributed by atoms with Crippen molar-refractivity contribution in [3.05, 3.63) is 11.5 Å². The van der Waals surface area contributed by atoms with Crippen LogP contribution in [0.25, 0.3) is 0 Å². The summed E-state index contributed by atoms with van der Waals surface area (Å²) in [4.78, 5) is 10.8. The molecular formula is C6H8O5. The van der Waals surface area contributed by atoms with Crippen LogP contribution in [0.5, 0.6) is 0 Å². The van der Waals surface area contributed by atoms with Gasteiger partial charge >= 0.3 is 0 Å². The van der Waals surface area contributed by atoms with Gasteiger partial charge in [0, 0.05) is 0 Å². The van der Waals surface area contributed by atoms with E-state index in [9.17, 15) is 4.79 Å². The van der Waals surface area contributed by atoms with Crippen LogP contribution >= 0.6 is 0 Å². The van der Waals surface area contributed by atoms with Gasteiger partial charge in [-0.25, -0.2) is 0 Å². The van der Waals surface area contributed by atoms with Gasteiger partial charge in [-0.15, -0.1) is 0 Å². The minimum absolute atomic E-state index is 0.233. The first-order valence-corrected chi connectivity index (χ1v) is 3.04. The fraction of sp³-hybridized carbons (Fsp3) is 0.500. The van der Waals surface area contributed by atoms with Gasteiger partial charge in [0.2, 0.25) is 11.5 Å². The fourth-order valence-electron chi connectivity index (χ4n) is 0.754. The molecular weight excluding hydrogens is 152 g/mol. The normalized spacial score (nSPS) is 25.9. The van der Waals surface area contributed by atoms with Crippen LogP contribution in [0.2, 0.25) is 0 Å². The minimum atomic E-state index is -1.04. The van der Waals surface area contributed by atoms with Gasteiger partial charge in [-0.05, 0) is 0 Å². The zero-order valence-electron chi connectivity index (χ0n) is 5.65. The number of rotatable bonds is 1. The molecule has 3 N–H and O–H groups in total. The molecule has 5 nitrogen and oxygen atoms in total. The topological polar surface area (TPSA) is 87.0 Å². The Bertz CT molecular complexity index is 207. The van der Waals surface area contributed by atoms with Crippen molar-refractivity contribution in [1.29, 1.82) is 0 Å². The Morgan fingerprint density at radius 3 is 2.73 bits per heavy atom. The van der Waals surface area contributed by atoms with Crippen LogP contribution < -0.4 is 0 Å². The number of carbonyl (C=O) groups is 1. The molecule has 1 rings (SSSR count). The minimum Gasteiger partial charge on any atom is -0.506 e. The van der Waals surface area contributed by atoms with E-state index in [0.29, 0.717) is 0 Å². The molecule has 0 aromatic heterocycles. The monoisotopic (exact) mass is 160 g/mol. The summed E-state index contributed by atoms with van der Waals surface area (Å²) < 4.78 is 4.65. The summed E-state index contributed by atoms with van der Waals surface area (Å²) in [5, 5.41) is 26.1. The summed E-state index contributed by atoms with van der Waals surface area (Å²) in [5.74, 6) is -1.98. The number of carbonyl (C=O) groups excluding carboxylic acids is 1. The number of ether oxygens (including phenoxy) is 1. The zero-order chi connectivity index (χ0) is 8.43. The van der Waals surface area contributed by atoms with E-state index in [1.54, 1.807) is 0 Å². The molecule has 5 heteroatoms. The molecule has 11 heavy (non-hydrogen) atoms. The highest BCUT2D eigenvalue weighted by atomic mass is 16.5. The van der Waals surface area contributed by atoms with E-state index in [0.717, 1.165) is 0 Å². The molecule has 0 fully saturated rings. The molecule has 0 aromatic carbocycles. The highest BCUT2D eigenvalue weighted by Gasteiger charge is 2.29. The van der Waals surface area contributed by atoms with E-state index in [4.69, 9.17) is 15.3 Å². The van der Waals surface area contributed by atoms with E-state index < -0.39 is 30.0 Å². The number of Topliss-reactive ketones (excluding diaryl/α,β-unsaturated/α-hetero) is 1. The Morgan fingerprint density at radius 2 is 2.18 bits per heavy atom. The van der Waals surface area contributed by atoms with Gasteiger partial charge in [-0.2, -0.15) is 0 Å². The Kier molecular flexibility index (Phi) is 2.11. The van der Waals surface area contributed by atoms with Gasteiger partial charge in [-0.3, -0.25) is 4.79 Å². The Morgan fingerprint density at radius 1 is 1.55 bits per heavy atom. The van der Waals surface area contributed by atoms with Crippen molar-refractivity contribution in [2.75, 3.05) is 13.2 Å². The van der Waals surface area contributed by atoms with Crippen LogP contribution in [0.3, 0.4) is 0 Å². The lowest BCUT2D eigenvalue weighted by molar-refractivity contribution is -0.135. The average molecular weight is 160 g/mol. The maximum absolute atomic E-state index is 10.8. The van der Waals surface area contributed by atoms with Crippen molar-refractivity contribution >= 4 is 5.78 Å². The Hall–Kier alpha value is -1.07. The molecule has 0 bridgehead atoms. The highest BCUT2D eigenvalue weighted by molar-refractivity contribution is 5.97. The second-order valence-corrected chi connectivity index (χ2v) is 2.14. The number of hydrogen-bond donors (Lipinski definition) is 3. The van der Waals surface area contributed by atoms with Crippen LogP contribution in [-0.4, -0.2) is 40.4 Å². The molecule has 62 valence electrons. The first kappa shape index (κ1) is 8.03. The maximum atomic E-state index is 10.8. The first-order valence-electron chi connectivity index (χ1n) is 3.04. The van der Waals surface area contributed by atoms with Crippen LogP contribution in [0.15, 0.2) is 11.5 Å². The predicted molar refractivity (Wildman–Crippen MR) is 34.1 cm³/mol. The highest BCUT2D eigenvalue weighted by Crippen LogP contribution is 2.12. The molecule has 0 saturated heterocycles. The van der Waals surface area contributed by atoms with Crippen molar-refractivity contribution in [3.8, 4) is 0 Å². The van der Waals surface area contributed by atoms with Crippen molar-refractivity contribution in [2.45, 2.75) is 6.10 Å². The van der Waals surface area contributed by atoms with Gasteiger partial charge in [0.25, 0.3) is 0 Å². The van der Waals surface area contributed by atoms with Gasteiger partial charge in [0.15, 0.2) is 5.76 Å². The van der Waals surface area contributed by atoms with Crippen LogP contribution in [-0.2, 0) is 9.53 Å². The van der Waals surface area contributed by atoms with Crippen LogP contribution in [0, 0.1) is 0 Å². The van der Waals surface area contributed by atoms with Gasteiger partial charge in [-0.1, -0.05) is 0 Å². The number of ketones is 1. The van der Waals surface area contributed by atoms with Gasteiger partial charge in [0.1, 0.15) is 12.7 Å². The quantitative estimate of drug-likeness (QED) is 0.471. The lowest BCUT2D eigenvalue weighted by Gasteiger charge is -2.18. The van der Waals surface area contributed by atoms with E-state index in [-0.39, 0.29) is 6.61 Å². The Balaban J connectivity index is 2.81. The molecule has 0 aliphatic carbocycles. The summed E-state index contributed by atoms with van der Waals surface area (Å²) in [7, 11) is 0. The van der Waals surface area contributed by atoms with Crippen LogP contribution in [0.4, 0.5) is 0 Å². The number of aliphatic hydroxyl groups is 3. The van der Waals surface area contributed by atoms with Crippen molar-refractivity contribution in [2.24, 2.45) is 0 Å².